The van der Waals surface area contributed by atoms with Gasteiger partial charge in [0.2, 0.25) is 10.0 Å². The van der Waals surface area contributed by atoms with E-state index in [-0.39, 0.29) is 42.3 Å². The number of esters is 1. The molecule has 0 heterocycles. The summed E-state index contributed by atoms with van der Waals surface area (Å²) in [4.78, 5) is 25.8. The van der Waals surface area contributed by atoms with Gasteiger partial charge < -0.3 is 19.2 Å². The van der Waals surface area contributed by atoms with E-state index >= 15 is 0 Å². The molecule has 0 aliphatic heterocycles. The molecule has 0 aliphatic rings. The maximum atomic E-state index is 14.6. The second kappa shape index (κ2) is 19.7. The van der Waals surface area contributed by atoms with Crippen molar-refractivity contribution < 1.29 is 31.9 Å². The summed E-state index contributed by atoms with van der Waals surface area (Å²) in [6.07, 6.45) is 3.01. The Balaban J connectivity index is 2.15. The fourth-order valence-electron chi connectivity index (χ4n) is 6.75. The van der Waals surface area contributed by atoms with Crippen molar-refractivity contribution in [2.24, 2.45) is 0 Å². The molecule has 0 radical (unpaired) electrons. The van der Waals surface area contributed by atoms with E-state index in [0.717, 1.165) is 35.2 Å². The highest BCUT2D eigenvalue weighted by molar-refractivity contribution is 7.89. The van der Waals surface area contributed by atoms with Gasteiger partial charge in [-0.05, 0) is 74.5 Å². The van der Waals surface area contributed by atoms with Crippen LogP contribution in [0, 0.1) is 6.92 Å². The first-order valence-electron chi connectivity index (χ1n) is 18.9. The molecule has 3 aromatic rings. The van der Waals surface area contributed by atoms with Crippen molar-refractivity contribution >= 4 is 40.8 Å². The Hall–Kier alpha value is -3.51. The third-order valence-corrected chi connectivity index (χ3v) is 16.4. The zero-order valence-electron chi connectivity index (χ0n) is 33.3. The number of carbonyl (C=O) groups is 2. The van der Waals surface area contributed by atoms with Gasteiger partial charge in [-0.1, -0.05) is 125 Å². The van der Waals surface area contributed by atoms with E-state index in [4.69, 9.17) is 13.9 Å². The van der Waals surface area contributed by atoms with E-state index in [2.05, 4.69) is 57.3 Å². The number of rotatable bonds is 19. The number of nitrogens with one attached hydrogen (secondary N) is 1. The van der Waals surface area contributed by atoms with Crippen LogP contribution in [0.4, 0.5) is 4.79 Å². The van der Waals surface area contributed by atoms with Crippen LogP contribution in [0.2, 0.25) is 5.04 Å². The minimum Gasteiger partial charge on any atom is -0.469 e. The van der Waals surface area contributed by atoms with Crippen LogP contribution in [-0.2, 0) is 28.7 Å². The average Bonchev–Trinajstić information content (AvgIpc) is 3.09. The van der Waals surface area contributed by atoms with E-state index in [1.54, 1.807) is 45.0 Å². The van der Waals surface area contributed by atoms with Crippen molar-refractivity contribution in [3.05, 3.63) is 90.5 Å². The molecule has 292 valence electrons. The predicted octanol–water partition coefficient (Wildman–Crippen LogP) is 7.75. The van der Waals surface area contributed by atoms with Gasteiger partial charge in [0.05, 0.1) is 18.4 Å². The van der Waals surface area contributed by atoms with E-state index in [1.165, 1.54) is 11.4 Å². The predicted molar refractivity (Wildman–Crippen MR) is 216 cm³/mol. The summed E-state index contributed by atoms with van der Waals surface area (Å²) in [7, 11) is -5.84. The largest absolute Gasteiger partial charge is 0.469 e. The summed E-state index contributed by atoms with van der Waals surface area (Å²) in [6.45, 7) is 16.3. The normalized spacial score (nSPS) is 13.7. The number of hydrogen-bond acceptors (Lipinski definition) is 7. The number of alkyl carbamates (subject to hydrolysis) is 1. The van der Waals surface area contributed by atoms with Gasteiger partial charge in [-0.2, -0.15) is 4.31 Å². The number of sulfonamides is 1. The molecule has 53 heavy (non-hydrogen) atoms. The van der Waals surface area contributed by atoms with Crippen LogP contribution < -0.4 is 15.7 Å². The molecular formula is C42H62N2O7SSi. The van der Waals surface area contributed by atoms with E-state index in [1.807, 2.05) is 43.3 Å². The van der Waals surface area contributed by atoms with Gasteiger partial charge in [0.1, 0.15) is 5.60 Å². The quantitative estimate of drug-likeness (QED) is 0.0755. The van der Waals surface area contributed by atoms with Crippen molar-refractivity contribution in [1.82, 2.24) is 9.62 Å². The number of benzene rings is 3. The molecule has 0 unspecified atom stereocenters. The van der Waals surface area contributed by atoms with Crippen molar-refractivity contribution in [2.45, 2.75) is 128 Å². The topological polar surface area (TPSA) is 111 Å². The molecular weight excluding hydrogens is 705 g/mol. The third kappa shape index (κ3) is 12.5. The van der Waals surface area contributed by atoms with Gasteiger partial charge in [-0.15, -0.1) is 0 Å². The first kappa shape index (κ1) is 43.9. The first-order chi connectivity index (χ1) is 24.9. The Bertz CT molecular complexity index is 1630. The highest BCUT2D eigenvalue weighted by Crippen LogP contribution is 2.39. The highest BCUT2D eigenvalue weighted by atomic mass is 32.2. The Kier molecular flexibility index (Phi) is 16.3. The molecule has 3 rings (SSSR count). The van der Waals surface area contributed by atoms with Crippen molar-refractivity contribution in [1.29, 1.82) is 0 Å². The van der Waals surface area contributed by atoms with Crippen LogP contribution in [0.3, 0.4) is 0 Å². The number of amides is 1. The van der Waals surface area contributed by atoms with Crippen molar-refractivity contribution in [2.75, 3.05) is 20.2 Å². The van der Waals surface area contributed by atoms with Gasteiger partial charge in [-0.25, -0.2) is 13.2 Å². The summed E-state index contributed by atoms with van der Waals surface area (Å²) in [6, 6.07) is 26.7. The minimum absolute atomic E-state index is 0.0502. The zero-order valence-corrected chi connectivity index (χ0v) is 35.1. The van der Waals surface area contributed by atoms with Gasteiger partial charge >= 0.3 is 12.1 Å². The van der Waals surface area contributed by atoms with Gasteiger partial charge in [0.15, 0.2) is 0 Å². The Morgan fingerprint density at radius 2 is 1.40 bits per heavy atom. The first-order valence-corrected chi connectivity index (χ1v) is 22.2. The molecule has 9 nitrogen and oxygen atoms in total. The molecule has 3 aromatic carbocycles. The van der Waals surface area contributed by atoms with Crippen molar-refractivity contribution in [3.63, 3.8) is 0 Å². The molecule has 0 spiro atoms. The molecule has 0 saturated carbocycles. The number of aryl methyl sites for hydroxylation is 1. The lowest BCUT2D eigenvalue weighted by Gasteiger charge is -2.46. The molecule has 1 N–H and O–H groups in total. The second-order valence-electron chi connectivity index (χ2n) is 15.8. The lowest BCUT2D eigenvalue weighted by Crippen LogP contribution is -2.68. The monoisotopic (exact) mass is 766 g/mol. The standard InChI is InChI=1S/C42H62N2O7SSi/c1-10-11-14-20-35(51-53(42(6,7)8,37-21-15-12-16-22-37)38-23-17-13-18-24-38)31-34(32-39(45)49-9)44(30-19-29-43-40(46)50-41(3,4)5)52(47,48)36-27-25-33(2)26-28-36/h12-13,15-18,21-28,34-35H,10-11,14,19-20,29-32H2,1-9H3,(H,43,46)/t34-,35-/m1/s1. The summed E-state index contributed by atoms with van der Waals surface area (Å²) < 4.78 is 48.9. The number of hydrogen-bond donors (Lipinski definition) is 1. The highest BCUT2D eigenvalue weighted by Gasteiger charge is 2.52. The number of nitrogens with zero attached hydrogens (tertiary/aromatic N) is 1. The van der Waals surface area contributed by atoms with E-state index < -0.39 is 48.2 Å². The fraction of sp³-hybridized carbons (Fsp3) is 0.524. The molecule has 0 saturated heterocycles. The summed E-state index contributed by atoms with van der Waals surface area (Å²) in [5, 5.41) is 4.69. The van der Waals surface area contributed by atoms with Crippen LogP contribution in [0.25, 0.3) is 0 Å². The number of methoxy groups -OCH3 is 1. The fourth-order valence-corrected chi connectivity index (χ4v) is 13.2. The Morgan fingerprint density at radius 1 is 0.830 bits per heavy atom. The number of ether oxygens (including phenoxy) is 2. The van der Waals surface area contributed by atoms with Crippen LogP contribution in [0.15, 0.2) is 89.8 Å². The second-order valence-corrected chi connectivity index (χ2v) is 21.9. The Labute approximate surface area is 320 Å². The minimum atomic E-state index is -4.11. The molecule has 0 fully saturated rings. The smallest absolute Gasteiger partial charge is 0.407 e. The molecule has 11 heteroatoms. The Morgan fingerprint density at radius 3 is 1.89 bits per heavy atom. The maximum Gasteiger partial charge on any atom is 0.407 e. The molecule has 0 bridgehead atoms. The summed E-state index contributed by atoms with van der Waals surface area (Å²) in [5.41, 5.74) is 0.256. The third-order valence-electron chi connectivity index (χ3n) is 9.31. The lowest BCUT2D eigenvalue weighted by molar-refractivity contribution is -0.141. The zero-order chi connectivity index (χ0) is 39.3. The van der Waals surface area contributed by atoms with Crippen LogP contribution in [0.1, 0.15) is 99.0 Å². The lowest BCUT2D eigenvalue weighted by atomic mass is 10.0. The SMILES string of the molecule is CCCCC[C@H](C[C@H](CC(=O)OC)N(CCCNC(=O)OC(C)(C)C)S(=O)(=O)c1ccc(C)cc1)O[Si](c1ccccc1)(c1ccccc1)C(C)(C)C. The number of unbranched alkanes of at least 4 members (excludes halogenated alkanes) is 2. The van der Waals surface area contributed by atoms with Gasteiger partial charge in [-0.3, -0.25) is 4.79 Å². The van der Waals surface area contributed by atoms with Gasteiger partial charge in [0.25, 0.3) is 8.32 Å². The van der Waals surface area contributed by atoms with Crippen LogP contribution >= 0.6 is 0 Å². The van der Waals surface area contributed by atoms with E-state index in [0.29, 0.717) is 6.42 Å². The van der Waals surface area contributed by atoms with Gasteiger partial charge in [0, 0.05) is 25.2 Å². The molecule has 1 amide bonds. The molecule has 2 atom stereocenters. The summed E-state index contributed by atoms with van der Waals surface area (Å²) in [5.74, 6) is -0.510. The van der Waals surface area contributed by atoms with Crippen molar-refractivity contribution in [3.8, 4) is 0 Å². The summed E-state index contributed by atoms with van der Waals surface area (Å²) >= 11 is 0. The van der Waals surface area contributed by atoms with E-state index in [9.17, 15) is 18.0 Å². The average molecular weight is 767 g/mol. The number of carbonyl (C=O) groups excluding carboxylic acids is 2. The molecule has 0 aromatic heterocycles. The molecule has 0 aliphatic carbocycles. The van der Waals surface area contributed by atoms with Crippen LogP contribution in [0.5, 0.6) is 0 Å². The maximum absolute atomic E-state index is 14.6. The van der Waals surface area contributed by atoms with Crippen LogP contribution in [-0.4, -0.2) is 71.0 Å².